The second kappa shape index (κ2) is 4.55. The Bertz CT molecular complexity index is 318. The Kier molecular flexibility index (Phi) is 2.93. The zero-order valence-electron chi connectivity index (χ0n) is 9.65. The number of imidazole rings is 1. The number of likely N-dealkylation sites (tertiary alicyclic amines) is 1. The molecule has 1 saturated carbocycles. The van der Waals surface area contributed by atoms with Crippen LogP contribution in [0.15, 0.2) is 12.5 Å². The van der Waals surface area contributed by atoms with Crippen LogP contribution in [0.2, 0.25) is 0 Å². The first-order valence-electron chi connectivity index (χ1n) is 6.34. The fourth-order valence-corrected chi connectivity index (χ4v) is 2.59. The maximum atomic E-state index is 4.01. The van der Waals surface area contributed by atoms with Crippen molar-refractivity contribution in [2.45, 2.75) is 31.8 Å². The van der Waals surface area contributed by atoms with Crippen LogP contribution in [0.1, 0.15) is 25.0 Å². The van der Waals surface area contributed by atoms with Crippen LogP contribution in [0, 0.1) is 5.92 Å². The standard InChI is InChI=1S/C12H20N4/c1-2-12(1)16-4-3-10(8-16)5-13-6-11-7-14-9-15-11/h7,9-10,12-13H,1-6,8H2,(H,14,15). The van der Waals surface area contributed by atoms with Crippen LogP contribution in [-0.4, -0.2) is 40.5 Å². The minimum Gasteiger partial charge on any atom is -0.347 e. The first kappa shape index (κ1) is 10.3. The summed E-state index contributed by atoms with van der Waals surface area (Å²) in [6, 6.07) is 0.942. The molecule has 4 nitrogen and oxygen atoms in total. The lowest BCUT2D eigenvalue weighted by Gasteiger charge is -2.14. The van der Waals surface area contributed by atoms with Crippen LogP contribution < -0.4 is 5.32 Å². The van der Waals surface area contributed by atoms with Crippen LogP contribution in [-0.2, 0) is 6.54 Å². The van der Waals surface area contributed by atoms with Crippen molar-refractivity contribution in [3.8, 4) is 0 Å². The van der Waals surface area contributed by atoms with Gasteiger partial charge in [0.25, 0.3) is 0 Å². The molecule has 0 bridgehead atoms. The lowest BCUT2D eigenvalue weighted by Crippen LogP contribution is -2.27. The molecule has 1 aromatic rings. The summed E-state index contributed by atoms with van der Waals surface area (Å²) < 4.78 is 0. The van der Waals surface area contributed by atoms with Crippen LogP contribution >= 0.6 is 0 Å². The van der Waals surface area contributed by atoms with Gasteiger partial charge in [0.15, 0.2) is 0 Å². The van der Waals surface area contributed by atoms with Crippen LogP contribution in [0.25, 0.3) is 0 Å². The fourth-order valence-electron chi connectivity index (χ4n) is 2.59. The third-order valence-electron chi connectivity index (χ3n) is 3.68. The molecule has 16 heavy (non-hydrogen) atoms. The SMILES string of the molecule is c1ncc(CNCC2CCN(C3CC3)C2)[nH]1. The molecule has 0 amide bonds. The molecule has 0 radical (unpaired) electrons. The van der Waals surface area contributed by atoms with E-state index in [1.165, 1.54) is 38.0 Å². The molecule has 0 spiro atoms. The third-order valence-corrected chi connectivity index (χ3v) is 3.68. The molecule has 2 fully saturated rings. The van der Waals surface area contributed by atoms with E-state index < -0.39 is 0 Å². The monoisotopic (exact) mass is 220 g/mol. The molecule has 1 aliphatic heterocycles. The highest BCUT2D eigenvalue weighted by molar-refractivity contribution is 4.94. The van der Waals surface area contributed by atoms with E-state index in [0.717, 1.165) is 25.0 Å². The molecule has 4 heteroatoms. The van der Waals surface area contributed by atoms with Crippen LogP contribution in [0.3, 0.4) is 0 Å². The van der Waals surface area contributed by atoms with Gasteiger partial charge in [0.1, 0.15) is 0 Å². The Balaban J connectivity index is 1.36. The second-order valence-electron chi connectivity index (χ2n) is 5.09. The van der Waals surface area contributed by atoms with Gasteiger partial charge in [-0.15, -0.1) is 0 Å². The van der Waals surface area contributed by atoms with E-state index in [1.807, 2.05) is 6.20 Å². The summed E-state index contributed by atoms with van der Waals surface area (Å²) >= 11 is 0. The predicted octanol–water partition coefficient (Wildman–Crippen LogP) is 0.984. The smallest absolute Gasteiger partial charge is 0.0922 e. The number of H-pyrrole nitrogens is 1. The van der Waals surface area contributed by atoms with E-state index >= 15 is 0 Å². The number of aromatic amines is 1. The molecular weight excluding hydrogens is 200 g/mol. The molecule has 2 N–H and O–H groups in total. The van der Waals surface area contributed by atoms with Gasteiger partial charge in [0.2, 0.25) is 0 Å². The van der Waals surface area contributed by atoms with Crippen LogP contribution in [0.5, 0.6) is 0 Å². The predicted molar refractivity (Wildman–Crippen MR) is 63.0 cm³/mol. The van der Waals surface area contributed by atoms with Gasteiger partial charge in [-0.3, -0.25) is 0 Å². The average Bonchev–Trinajstić information content (AvgIpc) is 2.83. The molecule has 1 aliphatic carbocycles. The molecule has 2 aliphatic rings. The maximum Gasteiger partial charge on any atom is 0.0922 e. The van der Waals surface area contributed by atoms with Crippen molar-refractivity contribution in [3.05, 3.63) is 18.2 Å². The minimum atomic E-state index is 0.850. The number of aromatic nitrogens is 2. The average molecular weight is 220 g/mol. The number of hydrogen-bond acceptors (Lipinski definition) is 3. The van der Waals surface area contributed by atoms with Crippen LogP contribution in [0.4, 0.5) is 0 Å². The van der Waals surface area contributed by atoms with E-state index in [9.17, 15) is 0 Å². The summed E-state index contributed by atoms with van der Waals surface area (Å²) in [6.45, 7) is 4.68. The normalized spacial score (nSPS) is 26.4. The van der Waals surface area contributed by atoms with Crippen molar-refractivity contribution in [1.82, 2.24) is 20.2 Å². The van der Waals surface area contributed by atoms with Crippen molar-refractivity contribution in [3.63, 3.8) is 0 Å². The van der Waals surface area contributed by atoms with Crippen molar-refractivity contribution in [2.75, 3.05) is 19.6 Å². The summed E-state index contributed by atoms with van der Waals surface area (Å²) in [7, 11) is 0. The highest BCUT2D eigenvalue weighted by Gasteiger charge is 2.33. The first-order chi connectivity index (χ1) is 7.92. The zero-order chi connectivity index (χ0) is 10.8. The van der Waals surface area contributed by atoms with Gasteiger partial charge >= 0.3 is 0 Å². The largest absolute Gasteiger partial charge is 0.347 e. The van der Waals surface area contributed by atoms with E-state index in [0.29, 0.717) is 0 Å². The summed E-state index contributed by atoms with van der Waals surface area (Å²) in [4.78, 5) is 9.80. The lowest BCUT2D eigenvalue weighted by atomic mass is 10.1. The Morgan fingerprint density at radius 2 is 2.38 bits per heavy atom. The van der Waals surface area contributed by atoms with Gasteiger partial charge in [-0.25, -0.2) is 4.98 Å². The first-order valence-corrected chi connectivity index (χ1v) is 6.34. The molecule has 3 rings (SSSR count). The van der Waals surface area contributed by atoms with Gasteiger partial charge in [0, 0.05) is 31.0 Å². The molecule has 1 aromatic heterocycles. The topological polar surface area (TPSA) is 44.0 Å². The van der Waals surface area contributed by atoms with Crippen molar-refractivity contribution in [1.29, 1.82) is 0 Å². The minimum absolute atomic E-state index is 0.850. The van der Waals surface area contributed by atoms with Gasteiger partial charge in [-0.1, -0.05) is 0 Å². The summed E-state index contributed by atoms with van der Waals surface area (Å²) in [5.74, 6) is 0.850. The fraction of sp³-hybridized carbons (Fsp3) is 0.750. The van der Waals surface area contributed by atoms with Crippen molar-refractivity contribution in [2.24, 2.45) is 5.92 Å². The van der Waals surface area contributed by atoms with Gasteiger partial charge in [-0.05, 0) is 38.3 Å². The molecule has 2 heterocycles. The summed E-state index contributed by atoms with van der Waals surface area (Å²) in [5, 5.41) is 3.51. The highest BCUT2D eigenvalue weighted by atomic mass is 15.2. The molecule has 88 valence electrons. The molecular formula is C12H20N4. The third kappa shape index (κ3) is 2.44. The number of hydrogen-bond donors (Lipinski definition) is 2. The van der Waals surface area contributed by atoms with Crippen molar-refractivity contribution < 1.29 is 0 Å². The molecule has 1 unspecified atom stereocenters. The lowest BCUT2D eigenvalue weighted by molar-refractivity contribution is 0.311. The Morgan fingerprint density at radius 1 is 1.44 bits per heavy atom. The molecule has 0 aromatic carbocycles. The molecule has 1 atom stereocenters. The van der Waals surface area contributed by atoms with Gasteiger partial charge < -0.3 is 15.2 Å². The van der Waals surface area contributed by atoms with E-state index in [2.05, 4.69) is 20.2 Å². The number of nitrogens with one attached hydrogen (secondary N) is 2. The number of rotatable bonds is 5. The van der Waals surface area contributed by atoms with Gasteiger partial charge in [0.05, 0.1) is 6.33 Å². The van der Waals surface area contributed by atoms with E-state index in [4.69, 9.17) is 0 Å². The zero-order valence-corrected chi connectivity index (χ0v) is 9.65. The Morgan fingerprint density at radius 3 is 3.12 bits per heavy atom. The van der Waals surface area contributed by atoms with Crippen molar-refractivity contribution >= 4 is 0 Å². The van der Waals surface area contributed by atoms with Gasteiger partial charge in [-0.2, -0.15) is 0 Å². The van der Waals surface area contributed by atoms with E-state index in [1.54, 1.807) is 6.33 Å². The summed E-state index contributed by atoms with van der Waals surface area (Å²) in [6.07, 6.45) is 7.87. The second-order valence-corrected chi connectivity index (χ2v) is 5.09. The quantitative estimate of drug-likeness (QED) is 0.777. The van der Waals surface area contributed by atoms with E-state index in [-0.39, 0.29) is 0 Å². The molecule has 1 saturated heterocycles. The maximum absolute atomic E-state index is 4.01. The number of nitrogens with zero attached hydrogens (tertiary/aromatic N) is 2. The summed E-state index contributed by atoms with van der Waals surface area (Å²) in [5.41, 5.74) is 1.18. The Labute approximate surface area is 96.4 Å². The Hall–Kier alpha value is -0.870. The highest BCUT2D eigenvalue weighted by Crippen LogP contribution is 2.31.